The number of aliphatic hydroxyl groups is 1. The first-order chi connectivity index (χ1) is 31.9. The molecule has 0 saturated carbocycles. The van der Waals surface area contributed by atoms with Crippen LogP contribution in [-0.2, 0) is 56.0 Å². The Morgan fingerprint density at radius 3 is 1.59 bits per heavy atom. The summed E-state index contributed by atoms with van der Waals surface area (Å²) in [5.74, 6) is -5.47. The van der Waals surface area contributed by atoms with Crippen molar-refractivity contribution < 1.29 is 48.3 Å². The third-order valence-electron chi connectivity index (χ3n) is 12.3. The number of amides is 9. The Balaban J connectivity index is 2.20. The lowest BCUT2D eigenvalue weighted by atomic mass is 9.99. The second-order valence-corrected chi connectivity index (χ2v) is 18.1. The smallest absolute Gasteiger partial charge is 0.248 e. The van der Waals surface area contributed by atoms with Crippen molar-refractivity contribution in [3.05, 3.63) is 71.8 Å². The van der Waals surface area contributed by atoms with Crippen molar-refractivity contribution in [2.24, 2.45) is 11.8 Å². The number of aliphatic hydroxyl groups excluding tert-OH is 1. The van der Waals surface area contributed by atoms with Crippen LogP contribution < -0.4 is 26.6 Å². The van der Waals surface area contributed by atoms with E-state index in [9.17, 15) is 48.3 Å². The molecule has 0 bridgehead atoms. The monoisotopic (exact) mass is 950 g/mol. The molecule has 376 valence electrons. The van der Waals surface area contributed by atoms with Crippen molar-refractivity contribution in [1.82, 2.24) is 46.2 Å². The van der Waals surface area contributed by atoms with Gasteiger partial charge in [0.1, 0.15) is 48.3 Å². The summed E-state index contributed by atoms with van der Waals surface area (Å²) in [5.41, 5.74) is 1.49. The summed E-state index contributed by atoms with van der Waals surface area (Å²) in [5, 5.41) is 24.0. The number of carbonyl (C=O) groups is 9. The minimum absolute atomic E-state index is 0.0171. The lowest BCUT2D eigenvalue weighted by Crippen LogP contribution is -2.62. The predicted molar refractivity (Wildman–Crippen MR) is 257 cm³/mol. The van der Waals surface area contributed by atoms with Crippen molar-refractivity contribution >= 4 is 53.7 Å². The normalized spacial score (nSPS) is 15.5. The molecule has 0 saturated heterocycles. The zero-order chi connectivity index (χ0) is 51.6. The Bertz CT molecular complexity index is 2020. The van der Waals surface area contributed by atoms with Crippen LogP contribution in [0, 0.1) is 11.8 Å². The molecular weight excluding hydrogens is 875 g/mol. The summed E-state index contributed by atoms with van der Waals surface area (Å²) < 4.78 is 0. The van der Waals surface area contributed by atoms with Crippen LogP contribution in [0.5, 0.6) is 0 Å². The molecule has 0 aliphatic heterocycles. The van der Waals surface area contributed by atoms with Gasteiger partial charge in [-0.05, 0) is 57.6 Å². The molecular formula is C49H75N9O10. The molecule has 9 amide bonds. The van der Waals surface area contributed by atoms with Crippen molar-refractivity contribution in [3.63, 3.8) is 0 Å². The van der Waals surface area contributed by atoms with E-state index in [1.165, 1.54) is 67.7 Å². The van der Waals surface area contributed by atoms with Crippen LogP contribution in [0.3, 0.4) is 0 Å². The Morgan fingerprint density at radius 2 is 1.09 bits per heavy atom. The van der Waals surface area contributed by atoms with Gasteiger partial charge in [0.05, 0.1) is 6.10 Å². The number of likely N-dealkylation sites (N-methyl/N-ethyl adjacent to an activating group) is 4. The second kappa shape index (κ2) is 27.4. The average molecular weight is 950 g/mol. The topological polar surface area (TPSA) is 247 Å². The maximum absolute atomic E-state index is 14.0. The van der Waals surface area contributed by atoms with Crippen LogP contribution in [0.1, 0.15) is 79.9 Å². The fourth-order valence-corrected chi connectivity index (χ4v) is 7.24. The molecule has 0 aliphatic carbocycles. The summed E-state index contributed by atoms with van der Waals surface area (Å²) >= 11 is 0. The van der Waals surface area contributed by atoms with E-state index in [1.807, 2.05) is 32.0 Å². The number of rotatable bonds is 26. The summed E-state index contributed by atoms with van der Waals surface area (Å²) in [7, 11) is 5.61. The molecule has 10 atom stereocenters. The summed E-state index contributed by atoms with van der Waals surface area (Å²) in [6.45, 7) is 14.9. The fraction of sp³-hybridized carbons (Fsp3) is 0.571. The van der Waals surface area contributed by atoms with Gasteiger partial charge in [-0.1, -0.05) is 94.8 Å². The Hall–Kier alpha value is -6.37. The van der Waals surface area contributed by atoms with Crippen molar-refractivity contribution in [3.8, 4) is 0 Å². The van der Waals surface area contributed by atoms with Crippen molar-refractivity contribution in [2.45, 2.75) is 136 Å². The number of carbonyl (C=O) groups excluding carboxylic acids is 9. The molecule has 2 aromatic rings. The zero-order valence-electron chi connectivity index (χ0n) is 41.9. The fourth-order valence-electron chi connectivity index (χ4n) is 7.24. The quantitative estimate of drug-likeness (QED) is 0.0719. The Labute approximate surface area is 401 Å². The maximum Gasteiger partial charge on any atom is 0.248 e. The Kier molecular flexibility index (Phi) is 23.3. The molecule has 68 heavy (non-hydrogen) atoms. The number of nitrogens with zero attached hydrogens (tertiary/aromatic N) is 4. The van der Waals surface area contributed by atoms with Gasteiger partial charge in [-0.2, -0.15) is 0 Å². The molecule has 0 unspecified atom stereocenters. The van der Waals surface area contributed by atoms with E-state index in [0.717, 1.165) is 26.7 Å². The minimum atomic E-state index is -1.46. The largest absolute Gasteiger partial charge is 0.391 e. The van der Waals surface area contributed by atoms with Gasteiger partial charge in [0.15, 0.2) is 0 Å². The molecule has 0 aliphatic rings. The van der Waals surface area contributed by atoms with Gasteiger partial charge >= 0.3 is 0 Å². The van der Waals surface area contributed by atoms with Gasteiger partial charge in [0, 0.05) is 47.6 Å². The van der Waals surface area contributed by atoms with Gasteiger partial charge in [0.25, 0.3) is 0 Å². The number of benzene rings is 2. The molecule has 0 aromatic heterocycles. The SMILES string of the molecule is CC[C@H](C)CNC(=O)[C@H](C)N(C)C(=O)[C@@H](NC(=O)[C@H](C(C)C)N(C)C(=O)[C@@H](C)N(C)C(=O)[C@@H](C)NC(=O)[C@H](Cc1ccccc1)NC(=O)[C@H](C)NC(=O)[C@H](Cc1ccccc1)N(C)C=O)[C@@H](C)O. The highest BCUT2D eigenvalue weighted by molar-refractivity contribution is 5.98. The zero-order valence-corrected chi connectivity index (χ0v) is 41.9. The van der Waals surface area contributed by atoms with Crippen LogP contribution in [0.25, 0.3) is 0 Å². The molecule has 19 nitrogen and oxygen atoms in total. The number of hydrogen-bond acceptors (Lipinski definition) is 10. The summed E-state index contributed by atoms with van der Waals surface area (Å²) in [4.78, 5) is 125. The molecule has 2 aromatic carbocycles. The average Bonchev–Trinajstić information content (AvgIpc) is 3.31. The second-order valence-electron chi connectivity index (χ2n) is 18.1. The van der Waals surface area contributed by atoms with Crippen LogP contribution >= 0.6 is 0 Å². The van der Waals surface area contributed by atoms with E-state index in [1.54, 1.807) is 56.3 Å². The van der Waals surface area contributed by atoms with E-state index < -0.39 is 108 Å². The van der Waals surface area contributed by atoms with E-state index in [2.05, 4.69) is 26.6 Å². The molecule has 0 fully saturated rings. The van der Waals surface area contributed by atoms with Gasteiger partial charge in [-0.15, -0.1) is 0 Å². The van der Waals surface area contributed by atoms with Crippen LogP contribution in [0.4, 0.5) is 0 Å². The van der Waals surface area contributed by atoms with Crippen molar-refractivity contribution in [1.29, 1.82) is 0 Å². The van der Waals surface area contributed by atoms with E-state index in [0.29, 0.717) is 18.5 Å². The molecule has 0 spiro atoms. The van der Waals surface area contributed by atoms with Crippen LogP contribution in [0.15, 0.2) is 60.7 Å². The van der Waals surface area contributed by atoms with E-state index >= 15 is 0 Å². The molecule has 0 radical (unpaired) electrons. The van der Waals surface area contributed by atoms with Gasteiger partial charge in [-0.25, -0.2) is 0 Å². The van der Waals surface area contributed by atoms with E-state index in [4.69, 9.17) is 0 Å². The maximum atomic E-state index is 14.0. The first kappa shape index (κ1) is 57.8. The molecule has 2 rings (SSSR count). The van der Waals surface area contributed by atoms with Crippen molar-refractivity contribution in [2.75, 3.05) is 34.7 Å². The van der Waals surface area contributed by atoms with Crippen LogP contribution in [0.2, 0.25) is 0 Å². The number of hydrogen-bond donors (Lipinski definition) is 6. The molecule has 0 heterocycles. The lowest BCUT2D eigenvalue weighted by molar-refractivity contribution is -0.150. The highest BCUT2D eigenvalue weighted by Crippen LogP contribution is 2.16. The van der Waals surface area contributed by atoms with Gasteiger partial charge in [-0.3, -0.25) is 43.2 Å². The van der Waals surface area contributed by atoms with E-state index in [-0.39, 0.29) is 18.8 Å². The summed E-state index contributed by atoms with van der Waals surface area (Å²) in [6.07, 6.45) is 0.207. The predicted octanol–water partition coefficient (Wildman–Crippen LogP) is 0.628. The highest BCUT2D eigenvalue weighted by atomic mass is 16.3. The third kappa shape index (κ3) is 16.7. The Morgan fingerprint density at radius 1 is 0.574 bits per heavy atom. The lowest BCUT2D eigenvalue weighted by Gasteiger charge is -2.36. The number of nitrogens with one attached hydrogen (secondary N) is 5. The highest BCUT2D eigenvalue weighted by Gasteiger charge is 2.39. The van der Waals surface area contributed by atoms with Gasteiger partial charge < -0.3 is 51.3 Å². The minimum Gasteiger partial charge on any atom is -0.391 e. The first-order valence-electron chi connectivity index (χ1n) is 23.1. The van der Waals surface area contributed by atoms with Crippen LogP contribution in [-0.4, -0.2) is 168 Å². The molecule has 6 N–H and O–H groups in total. The first-order valence-corrected chi connectivity index (χ1v) is 23.1. The van der Waals surface area contributed by atoms with Gasteiger partial charge in [0.2, 0.25) is 53.7 Å². The molecule has 19 heteroatoms. The summed E-state index contributed by atoms with van der Waals surface area (Å²) in [6, 6.07) is 8.68. The third-order valence-corrected chi connectivity index (χ3v) is 12.3. The standard InChI is InChI=1S/C49H75N9O10/c1-14-30(4)27-50-43(62)33(7)56(11)49(68)40(35(9)60)54-46(65)41(29(2)3)58(13)48(67)34(8)57(12)47(66)32(6)52-44(63)38(25-36-21-17-15-18-22-36)53-42(61)31(5)51-45(64)39(55(10)28-59)26-37-23-19-16-20-24-37/h15-24,28-35,38-41,60H,14,25-27H2,1-13H3,(H,50,62)(H,51,64)(H,52,63)(H,53,61)(H,54,65)/t30-,31-,32+,33-,34+,35+,38-,39-,40-,41-/m0/s1.